The summed E-state index contributed by atoms with van der Waals surface area (Å²) in [7, 11) is 0. The highest BCUT2D eigenvalue weighted by Gasteiger charge is 2.06. The first-order valence-corrected chi connectivity index (χ1v) is 9.09. The van der Waals surface area contributed by atoms with Gasteiger partial charge < -0.3 is 5.32 Å². The predicted molar refractivity (Wildman–Crippen MR) is 102 cm³/mol. The molecule has 0 aliphatic carbocycles. The summed E-state index contributed by atoms with van der Waals surface area (Å²) in [5.41, 5.74) is 1.56. The van der Waals surface area contributed by atoms with E-state index in [0.29, 0.717) is 27.9 Å². The molecule has 0 aliphatic rings. The van der Waals surface area contributed by atoms with E-state index in [2.05, 4.69) is 10.3 Å². The maximum atomic E-state index is 12.0. The molecule has 0 radical (unpaired) electrons. The summed E-state index contributed by atoms with van der Waals surface area (Å²) in [5.74, 6) is 0.562. The minimum Gasteiger partial charge on any atom is -0.326 e. The standard InChI is InChI=1S/C18H14Cl2N2OS/c19-13-9-14(20)11-15(10-13)21-17(23)7-8-24-18-6-5-12-3-1-2-4-16(12)22-18/h1-6,9-11H,7-8H2,(H,21,23). The molecule has 24 heavy (non-hydrogen) atoms. The van der Waals surface area contributed by atoms with Crippen molar-refractivity contribution in [2.45, 2.75) is 11.4 Å². The van der Waals surface area contributed by atoms with Crippen molar-refractivity contribution in [3.63, 3.8) is 0 Å². The molecule has 0 saturated carbocycles. The summed E-state index contributed by atoms with van der Waals surface area (Å²) < 4.78 is 0. The second kappa shape index (κ2) is 7.88. The number of fused-ring (bicyclic) bond motifs is 1. The van der Waals surface area contributed by atoms with Crippen molar-refractivity contribution < 1.29 is 4.79 Å². The normalized spacial score (nSPS) is 10.8. The van der Waals surface area contributed by atoms with Crippen molar-refractivity contribution in [1.82, 2.24) is 4.98 Å². The molecule has 1 N–H and O–H groups in total. The lowest BCUT2D eigenvalue weighted by molar-refractivity contribution is -0.115. The van der Waals surface area contributed by atoms with E-state index in [1.54, 1.807) is 30.0 Å². The zero-order chi connectivity index (χ0) is 16.9. The van der Waals surface area contributed by atoms with Gasteiger partial charge in [0.25, 0.3) is 0 Å². The second-order valence-corrected chi connectivity index (χ2v) is 7.14. The molecule has 2 aromatic carbocycles. The van der Waals surface area contributed by atoms with E-state index in [-0.39, 0.29) is 5.91 Å². The molecule has 0 bridgehead atoms. The fourth-order valence-electron chi connectivity index (χ4n) is 2.23. The number of thioether (sulfide) groups is 1. The maximum absolute atomic E-state index is 12.0. The Morgan fingerprint density at radius 3 is 2.58 bits per heavy atom. The topological polar surface area (TPSA) is 42.0 Å². The smallest absolute Gasteiger partial charge is 0.225 e. The third-order valence-corrected chi connectivity index (χ3v) is 4.67. The third kappa shape index (κ3) is 4.63. The Morgan fingerprint density at radius 1 is 1.04 bits per heavy atom. The van der Waals surface area contributed by atoms with Gasteiger partial charge in [0.15, 0.2) is 0 Å². The van der Waals surface area contributed by atoms with Crippen LogP contribution in [-0.4, -0.2) is 16.6 Å². The maximum Gasteiger partial charge on any atom is 0.225 e. The molecule has 1 aromatic heterocycles. The molecule has 6 heteroatoms. The molecule has 3 rings (SSSR count). The number of para-hydroxylation sites is 1. The molecule has 3 nitrogen and oxygen atoms in total. The summed E-state index contributed by atoms with van der Waals surface area (Å²) in [5, 5.41) is 5.80. The van der Waals surface area contributed by atoms with E-state index in [1.165, 1.54) is 0 Å². The molecular weight excluding hydrogens is 363 g/mol. The molecular formula is C18H14Cl2N2OS. The van der Waals surface area contributed by atoms with E-state index in [1.807, 2.05) is 36.4 Å². The highest BCUT2D eigenvalue weighted by atomic mass is 35.5. The van der Waals surface area contributed by atoms with E-state index in [9.17, 15) is 4.79 Å². The van der Waals surface area contributed by atoms with Crippen LogP contribution in [0, 0.1) is 0 Å². The number of carbonyl (C=O) groups is 1. The predicted octanol–water partition coefficient (Wildman–Crippen LogP) is 5.66. The number of amides is 1. The van der Waals surface area contributed by atoms with Gasteiger partial charge >= 0.3 is 0 Å². The minimum atomic E-state index is -0.0818. The number of carbonyl (C=O) groups excluding carboxylic acids is 1. The Hall–Kier alpha value is -1.75. The van der Waals surface area contributed by atoms with E-state index < -0.39 is 0 Å². The average molecular weight is 377 g/mol. The Labute approximate surface area is 154 Å². The lowest BCUT2D eigenvalue weighted by Crippen LogP contribution is -2.12. The van der Waals surface area contributed by atoms with Gasteiger partial charge in [0.05, 0.1) is 10.5 Å². The van der Waals surface area contributed by atoms with Crippen molar-refractivity contribution in [3.05, 3.63) is 64.6 Å². The summed E-state index contributed by atoms with van der Waals surface area (Å²) in [6.07, 6.45) is 0.378. The van der Waals surface area contributed by atoms with E-state index in [0.717, 1.165) is 15.9 Å². The largest absolute Gasteiger partial charge is 0.326 e. The number of halogens is 2. The lowest BCUT2D eigenvalue weighted by Gasteiger charge is -2.06. The van der Waals surface area contributed by atoms with Crippen LogP contribution in [0.15, 0.2) is 59.6 Å². The van der Waals surface area contributed by atoms with Crippen LogP contribution in [0.25, 0.3) is 10.9 Å². The van der Waals surface area contributed by atoms with Gasteiger partial charge in [-0.25, -0.2) is 4.98 Å². The van der Waals surface area contributed by atoms with Crippen LogP contribution >= 0.6 is 35.0 Å². The molecule has 0 spiro atoms. The summed E-state index contributed by atoms with van der Waals surface area (Å²) in [6.45, 7) is 0. The molecule has 1 heterocycles. The quantitative estimate of drug-likeness (QED) is 0.583. The third-order valence-electron chi connectivity index (χ3n) is 3.30. The van der Waals surface area contributed by atoms with E-state index >= 15 is 0 Å². The van der Waals surface area contributed by atoms with Gasteiger partial charge in [0, 0.05) is 33.3 Å². The lowest BCUT2D eigenvalue weighted by atomic mass is 10.2. The van der Waals surface area contributed by atoms with Crippen LogP contribution in [0.5, 0.6) is 0 Å². The summed E-state index contributed by atoms with van der Waals surface area (Å²) in [4.78, 5) is 16.6. The molecule has 0 aliphatic heterocycles. The number of hydrogen-bond acceptors (Lipinski definition) is 3. The SMILES string of the molecule is O=C(CCSc1ccc2ccccc2n1)Nc1cc(Cl)cc(Cl)c1. The Kier molecular flexibility index (Phi) is 5.61. The van der Waals surface area contributed by atoms with Crippen LogP contribution in [-0.2, 0) is 4.79 Å². The van der Waals surface area contributed by atoms with Gasteiger partial charge in [0.1, 0.15) is 0 Å². The molecule has 0 atom stereocenters. The van der Waals surface area contributed by atoms with Gasteiger partial charge in [-0.15, -0.1) is 11.8 Å². The highest BCUT2D eigenvalue weighted by molar-refractivity contribution is 7.99. The highest BCUT2D eigenvalue weighted by Crippen LogP contribution is 2.23. The van der Waals surface area contributed by atoms with Crippen molar-refractivity contribution in [1.29, 1.82) is 0 Å². The number of nitrogens with zero attached hydrogens (tertiary/aromatic N) is 1. The van der Waals surface area contributed by atoms with Crippen molar-refractivity contribution >= 4 is 57.5 Å². The first-order chi connectivity index (χ1) is 11.6. The minimum absolute atomic E-state index is 0.0818. The monoisotopic (exact) mass is 376 g/mol. The molecule has 1 amide bonds. The van der Waals surface area contributed by atoms with Gasteiger partial charge in [-0.1, -0.05) is 47.5 Å². The molecule has 0 unspecified atom stereocenters. The van der Waals surface area contributed by atoms with Crippen molar-refractivity contribution in [2.24, 2.45) is 0 Å². The van der Waals surface area contributed by atoms with Crippen molar-refractivity contribution in [2.75, 3.05) is 11.1 Å². The van der Waals surface area contributed by atoms with Gasteiger partial charge in [-0.05, 0) is 30.3 Å². The van der Waals surface area contributed by atoms with Crippen LogP contribution in [0.4, 0.5) is 5.69 Å². The van der Waals surface area contributed by atoms with Crippen LogP contribution in [0.2, 0.25) is 10.0 Å². The fraction of sp³-hybridized carbons (Fsp3) is 0.111. The first-order valence-electron chi connectivity index (χ1n) is 7.35. The second-order valence-electron chi connectivity index (χ2n) is 5.15. The number of pyridine rings is 1. The summed E-state index contributed by atoms with van der Waals surface area (Å²) >= 11 is 13.4. The first kappa shape index (κ1) is 17.1. The zero-order valence-corrected chi connectivity index (χ0v) is 15.0. The van der Waals surface area contributed by atoms with Crippen LogP contribution in [0.3, 0.4) is 0 Å². The van der Waals surface area contributed by atoms with Crippen LogP contribution < -0.4 is 5.32 Å². The molecule has 0 saturated heterocycles. The number of aromatic nitrogens is 1. The van der Waals surface area contributed by atoms with Crippen LogP contribution in [0.1, 0.15) is 6.42 Å². The molecule has 122 valence electrons. The van der Waals surface area contributed by atoms with Crippen molar-refractivity contribution in [3.8, 4) is 0 Å². The number of anilines is 1. The fourth-order valence-corrected chi connectivity index (χ4v) is 3.58. The average Bonchev–Trinajstić information content (AvgIpc) is 2.53. The number of benzene rings is 2. The Balaban J connectivity index is 1.54. The zero-order valence-electron chi connectivity index (χ0n) is 12.6. The number of nitrogens with one attached hydrogen (secondary N) is 1. The Morgan fingerprint density at radius 2 is 1.79 bits per heavy atom. The number of hydrogen-bond donors (Lipinski definition) is 1. The molecule has 3 aromatic rings. The van der Waals surface area contributed by atoms with Gasteiger partial charge in [-0.2, -0.15) is 0 Å². The summed E-state index contributed by atoms with van der Waals surface area (Å²) in [6, 6.07) is 16.9. The van der Waals surface area contributed by atoms with Gasteiger partial charge in [-0.3, -0.25) is 4.79 Å². The Bertz CT molecular complexity index is 866. The van der Waals surface area contributed by atoms with Gasteiger partial charge in [0.2, 0.25) is 5.91 Å². The molecule has 0 fully saturated rings. The van der Waals surface area contributed by atoms with E-state index in [4.69, 9.17) is 23.2 Å². The number of rotatable bonds is 5.